The number of rotatable bonds is 3. The van der Waals surface area contributed by atoms with Crippen molar-refractivity contribution in [3.63, 3.8) is 0 Å². The second-order valence-corrected chi connectivity index (χ2v) is 7.08. The number of allylic oxidation sites excluding steroid dienone is 2. The molecule has 18 heavy (non-hydrogen) atoms. The van der Waals surface area contributed by atoms with Crippen LogP contribution < -0.4 is 0 Å². The van der Waals surface area contributed by atoms with Gasteiger partial charge in [0.05, 0.1) is 15.5 Å². The van der Waals surface area contributed by atoms with Crippen LogP contribution >= 0.6 is 23.1 Å². The molecule has 1 aliphatic carbocycles. The number of Topliss-reactive ketones (excluding diaryl/α,β-unsaturated/α-hetero) is 1. The van der Waals surface area contributed by atoms with E-state index < -0.39 is 0 Å². The Morgan fingerprint density at radius 2 is 2.39 bits per heavy atom. The van der Waals surface area contributed by atoms with E-state index in [2.05, 4.69) is 6.08 Å². The van der Waals surface area contributed by atoms with Crippen molar-refractivity contribution < 1.29 is 9.59 Å². The van der Waals surface area contributed by atoms with E-state index in [1.165, 1.54) is 11.3 Å². The number of hydrogen-bond acceptors (Lipinski definition) is 4. The van der Waals surface area contributed by atoms with Crippen LogP contribution in [0.3, 0.4) is 0 Å². The zero-order chi connectivity index (χ0) is 12.6. The van der Waals surface area contributed by atoms with Crippen molar-refractivity contribution in [2.24, 2.45) is 5.41 Å². The van der Waals surface area contributed by atoms with Crippen molar-refractivity contribution in [3.05, 3.63) is 33.4 Å². The first-order valence-corrected chi connectivity index (χ1v) is 7.92. The van der Waals surface area contributed by atoms with Crippen LogP contribution in [0.2, 0.25) is 0 Å². The van der Waals surface area contributed by atoms with Crippen molar-refractivity contribution in [2.45, 2.75) is 30.9 Å². The summed E-state index contributed by atoms with van der Waals surface area (Å²) in [6, 6.07) is 3.77. The number of ketones is 1. The molecule has 0 saturated carbocycles. The molecular weight excluding hydrogens is 264 g/mol. The normalized spacial score (nSPS) is 30.7. The van der Waals surface area contributed by atoms with E-state index in [0.29, 0.717) is 6.42 Å². The molecule has 1 aromatic heterocycles. The van der Waals surface area contributed by atoms with Crippen molar-refractivity contribution in [1.82, 2.24) is 0 Å². The lowest BCUT2D eigenvalue weighted by Gasteiger charge is -2.26. The van der Waals surface area contributed by atoms with Gasteiger partial charge in [0.2, 0.25) is 0 Å². The zero-order valence-corrected chi connectivity index (χ0v) is 11.6. The molecule has 0 aromatic carbocycles. The molecule has 1 saturated heterocycles. The van der Waals surface area contributed by atoms with E-state index in [0.717, 1.165) is 35.3 Å². The van der Waals surface area contributed by atoms with E-state index in [1.807, 2.05) is 17.5 Å². The Bertz CT molecular complexity index is 504. The van der Waals surface area contributed by atoms with E-state index in [-0.39, 0.29) is 16.4 Å². The van der Waals surface area contributed by atoms with Crippen molar-refractivity contribution >= 4 is 35.2 Å². The third kappa shape index (κ3) is 1.88. The number of aldehydes is 1. The fraction of sp³-hybridized carbons (Fsp3) is 0.429. The number of carbonyl (C=O) groups excluding carboxylic acids is 2. The second-order valence-electron chi connectivity index (χ2n) is 4.89. The Hall–Kier alpha value is -0.870. The van der Waals surface area contributed by atoms with Gasteiger partial charge in [0.15, 0.2) is 5.78 Å². The minimum atomic E-state index is -0.347. The van der Waals surface area contributed by atoms with Gasteiger partial charge in [-0.3, -0.25) is 4.79 Å². The van der Waals surface area contributed by atoms with Gasteiger partial charge in [-0.15, -0.1) is 23.1 Å². The molecule has 2 unspecified atom stereocenters. The second kappa shape index (κ2) is 4.67. The summed E-state index contributed by atoms with van der Waals surface area (Å²) >= 11 is 3.10. The maximum Gasteiger partial charge on any atom is 0.186 e. The fourth-order valence-electron chi connectivity index (χ4n) is 2.76. The summed E-state index contributed by atoms with van der Waals surface area (Å²) in [6.45, 7) is 0. The predicted octanol–water partition coefficient (Wildman–Crippen LogP) is 3.69. The van der Waals surface area contributed by atoms with Crippen molar-refractivity contribution in [1.29, 1.82) is 0 Å². The van der Waals surface area contributed by atoms with Crippen LogP contribution in [0.5, 0.6) is 0 Å². The molecule has 1 fully saturated rings. The molecule has 94 valence electrons. The van der Waals surface area contributed by atoms with Gasteiger partial charge in [0.25, 0.3) is 0 Å². The number of thiophene rings is 1. The smallest absolute Gasteiger partial charge is 0.186 e. The molecular formula is C14H14O2S2. The average Bonchev–Trinajstić information content (AvgIpc) is 3.05. The first-order valence-electron chi connectivity index (χ1n) is 6.16. The Labute approximate surface area is 114 Å². The average molecular weight is 278 g/mol. The van der Waals surface area contributed by atoms with Crippen LogP contribution in [0.15, 0.2) is 28.5 Å². The van der Waals surface area contributed by atoms with E-state index in [4.69, 9.17) is 0 Å². The minimum absolute atomic E-state index is 0.0711. The SMILES string of the molecule is O=CC12CCCC=C1SC(C(=O)c1cccs1)C2. The summed E-state index contributed by atoms with van der Waals surface area (Å²) in [5.41, 5.74) is -0.347. The quantitative estimate of drug-likeness (QED) is 0.624. The molecule has 1 aliphatic heterocycles. The van der Waals surface area contributed by atoms with E-state index in [9.17, 15) is 9.59 Å². The minimum Gasteiger partial charge on any atom is -0.302 e. The van der Waals surface area contributed by atoms with Gasteiger partial charge >= 0.3 is 0 Å². The molecule has 2 atom stereocenters. The topological polar surface area (TPSA) is 34.1 Å². The summed E-state index contributed by atoms with van der Waals surface area (Å²) in [4.78, 5) is 25.8. The summed E-state index contributed by atoms with van der Waals surface area (Å²) in [6.07, 6.45) is 6.92. The monoisotopic (exact) mass is 278 g/mol. The van der Waals surface area contributed by atoms with Crippen molar-refractivity contribution in [3.8, 4) is 0 Å². The Balaban J connectivity index is 1.86. The molecule has 1 aromatic rings. The van der Waals surface area contributed by atoms with Gasteiger partial charge in [-0.2, -0.15) is 0 Å². The first kappa shape index (κ1) is 12.2. The number of thioether (sulfide) groups is 1. The third-order valence-electron chi connectivity index (χ3n) is 3.75. The van der Waals surface area contributed by atoms with Crippen LogP contribution in [-0.2, 0) is 4.79 Å². The summed E-state index contributed by atoms with van der Waals surface area (Å²) in [7, 11) is 0. The summed E-state index contributed by atoms with van der Waals surface area (Å²) < 4.78 is 0. The standard InChI is InChI=1S/C14H14O2S2/c15-9-14-6-2-1-5-12(14)18-11(8-14)13(16)10-4-3-7-17-10/h3-5,7,9,11H,1-2,6,8H2. The maximum atomic E-state index is 12.4. The van der Waals surface area contributed by atoms with Crippen LogP contribution in [-0.4, -0.2) is 17.3 Å². The lowest BCUT2D eigenvalue weighted by molar-refractivity contribution is -0.114. The van der Waals surface area contributed by atoms with Crippen LogP contribution in [0.25, 0.3) is 0 Å². The van der Waals surface area contributed by atoms with E-state index in [1.54, 1.807) is 11.8 Å². The lowest BCUT2D eigenvalue weighted by Crippen LogP contribution is -2.25. The lowest BCUT2D eigenvalue weighted by atomic mass is 9.76. The molecule has 0 radical (unpaired) electrons. The van der Waals surface area contributed by atoms with Gasteiger partial charge in [-0.05, 0) is 42.0 Å². The molecule has 2 heterocycles. The van der Waals surface area contributed by atoms with Gasteiger partial charge in [-0.1, -0.05) is 12.1 Å². The zero-order valence-electron chi connectivity index (χ0n) is 9.93. The molecule has 0 N–H and O–H groups in total. The molecule has 0 amide bonds. The molecule has 3 rings (SSSR count). The van der Waals surface area contributed by atoms with Crippen LogP contribution in [0.1, 0.15) is 35.4 Å². The van der Waals surface area contributed by atoms with Gasteiger partial charge in [0, 0.05) is 0 Å². The summed E-state index contributed by atoms with van der Waals surface area (Å²) in [5, 5.41) is 1.85. The third-order valence-corrected chi connectivity index (χ3v) is 6.13. The molecule has 2 nitrogen and oxygen atoms in total. The van der Waals surface area contributed by atoms with Crippen LogP contribution in [0.4, 0.5) is 0 Å². The maximum absolute atomic E-state index is 12.4. The van der Waals surface area contributed by atoms with E-state index >= 15 is 0 Å². The van der Waals surface area contributed by atoms with Gasteiger partial charge in [-0.25, -0.2) is 0 Å². The number of fused-ring (bicyclic) bond motifs is 1. The fourth-order valence-corrected chi connectivity index (χ4v) is 5.16. The highest BCUT2D eigenvalue weighted by molar-refractivity contribution is 8.04. The van der Waals surface area contributed by atoms with Crippen LogP contribution in [0, 0.1) is 5.41 Å². The predicted molar refractivity (Wildman–Crippen MR) is 75.1 cm³/mol. The number of carbonyl (C=O) groups is 2. The van der Waals surface area contributed by atoms with Gasteiger partial charge in [0.1, 0.15) is 6.29 Å². The summed E-state index contributed by atoms with van der Waals surface area (Å²) in [5.74, 6) is 0.187. The Morgan fingerprint density at radius 1 is 1.50 bits per heavy atom. The highest BCUT2D eigenvalue weighted by Crippen LogP contribution is 2.55. The molecule has 2 aliphatic rings. The van der Waals surface area contributed by atoms with Gasteiger partial charge < -0.3 is 4.79 Å². The highest BCUT2D eigenvalue weighted by atomic mass is 32.2. The highest BCUT2D eigenvalue weighted by Gasteiger charge is 2.47. The Morgan fingerprint density at radius 3 is 3.06 bits per heavy atom. The molecule has 4 heteroatoms. The largest absolute Gasteiger partial charge is 0.302 e. The van der Waals surface area contributed by atoms with Crippen molar-refractivity contribution in [2.75, 3.05) is 0 Å². The Kier molecular flexibility index (Phi) is 3.16. The first-order chi connectivity index (χ1) is 8.75. The molecule has 0 spiro atoms. The number of hydrogen-bond donors (Lipinski definition) is 0. The molecule has 0 bridgehead atoms.